The van der Waals surface area contributed by atoms with E-state index < -0.39 is 0 Å². The molecule has 1 aromatic heterocycles. The van der Waals surface area contributed by atoms with Crippen LogP contribution in [0.15, 0.2) is 54.9 Å². The van der Waals surface area contributed by atoms with Gasteiger partial charge in [-0.1, -0.05) is 43.3 Å². The maximum absolute atomic E-state index is 12.9. The molecule has 1 aliphatic rings. The Kier molecular flexibility index (Phi) is 5.59. The molecule has 1 aliphatic heterocycles. The molecule has 0 radical (unpaired) electrons. The lowest BCUT2D eigenvalue weighted by Crippen LogP contribution is -2.49. The van der Waals surface area contributed by atoms with Gasteiger partial charge in [0.1, 0.15) is 0 Å². The number of amides is 1. The lowest BCUT2D eigenvalue weighted by Gasteiger charge is -2.36. The third-order valence-electron chi connectivity index (χ3n) is 4.72. The van der Waals surface area contributed by atoms with Crippen LogP contribution in [0.3, 0.4) is 0 Å². The van der Waals surface area contributed by atoms with Crippen LogP contribution >= 0.6 is 0 Å². The first-order chi connectivity index (χ1) is 11.8. The molecule has 0 unspecified atom stereocenters. The molecular weight excluding hydrogens is 298 g/mol. The summed E-state index contributed by atoms with van der Waals surface area (Å²) in [5, 5.41) is 0. The number of rotatable bonds is 5. The van der Waals surface area contributed by atoms with Gasteiger partial charge >= 0.3 is 0 Å². The smallest absolute Gasteiger partial charge is 0.230 e. The van der Waals surface area contributed by atoms with Gasteiger partial charge in [-0.15, -0.1) is 0 Å². The first-order valence-corrected chi connectivity index (χ1v) is 8.73. The van der Waals surface area contributed by atoms with E-state index >= 15 is 0 Å². The Morgan fingerprint density at radius 1 is 1.08 bits per heavy atom. The lowest BCUT2D eigenvalue weighted by atomic mass is 9.95. The zero-order valence-electron chi connectivity index (χ0n) is 14.3. The van der Waals surface area contributed by atoms with Gasteiger partial charge in [0.15, 0.2) is 0 Å². The third kappa shape index (κ3) is 4.01. The molecule has 1 atom stereocenters. The second-order valence-corrected chi connectivity index (χ2v) is 6.33. The summed E-state index contributed by atoms with van der Waals surface area (Å²) >= 11 is 0. The topological polar surface area (TPSA) is 36.4 Å². The van der Waals surface area contributed by atoms with Gasteiger partial charge in [-0.3, -0.25) is 14.7 Å². The molecule has 1 saturated heterocycles. The number of hydrogen-bond donors (Lipinski definition) is 0. The number of aromatic nitrogens is 1. The summed E-state index contributed by atoms with van der Waals surface area (Å²) in [6, 6.07) is 14.2. The van der Waals surface area contributed by atoms with E-state index in [9.17, 15) is 4.79 Å². The number of hydrogen-bond acceptors (Lipinski definition) is 3. The number of carbonyl (C=O) groups is 1. The van der Waals surface area contributed by atoms with Gasteiger partial charge in [0.05, 0.1) is 5.92 Å². The molecule has 0 spiro atoms. The summed E-state index contributed by atoms with van der Waals surface area (Å²) in [6.45, 7) is 6.46. The molecule has 126 valence electrons. The number of nitrogens with zero attached hydrogens (tertiary/aromatic N) is 3. The molecule has 4 heteroatoms. The first-order valence-electron chi connectivity index (χ1n) is 8.73. The zero-order chi connectivity index (χ0) is 16.8. The maximum Gasteiger partial charge on any atom is 0.230 e. The minimum absolute atomic E-state index is 0.0175. The molecule has 0 N–H and O–H groups in total. The summed E-state index contributed by atoms with van der Waals surface area (Å²) in [7, 11) is 0. The van der Waals surface area contributed by atoms with E-state index in [0.717, 1.165) is 44.7 Å². The van der Waals surface area contributed by atoms with Crippen molar-refractivity contribution in [3.63, 3.8) is 0 Å². The van der Waals surface area contributed by atoms with Gasteiger partial charge in [-0.05, 0) is 23.6 Å². The molecule has 1 amide bonds. The Bertz CT molecular complexity index is 636. The van der Waals surface area contributed by atoms with Gasteiger partial charge in [-0.25, -0.2) is 0 Å². The monoisotopic (exact) mass is 323 g/mol. The predicted octanol–water partition coefficient (Wildman–Crippen LogP) is 2.92. The Hall–Kier alpha value is -2.20. The van der Waals surface area contributed by atoms with Gasteiger partial charge in [0, 0.05) is 45.1 Å². The summed E-state index contributed by atoms with van der Waals surface area (Å²) in [5.74, 6) is 0.251. The molecule has 1 aromatic carbocycles. The highest BCUT2D eigenvalue weighted by molar-refractivity contribution is 5.83. The van der Waals surface area contributed by atoms with E-state index in [0.29, 0.717) is 0 Å². The Morgan fingerprint density at radius 3 is 2.46 bits per heavy atom. The number of pyridine rings is 1. The number of piperazine rings is 1. The van der Waals surface area contributed by atoms with Crippen LogP contribution in [0.5, 0.6) is 0 Å². The molecular formula is C20H25N3O. The fourth-order valence-corrected chi connectivity index (χ4v) is 3.33. The van der Waals surface area contributed by atoms with Crippen LogP contribution in [0, 0.1) is 0 Å². The normalized spacial score (nSPS) is 16.8. The van der Waals surface area contributed by atoms with E-state index in [1.165, 1.54) is 5.56 Å². The maximum atomic E-state index is 12.9. The van der Waals surface area contributed by atoms with E-state index in [2.05, 4.69) is 35.0 Å². The van der Waals surface area contributed by atoms with Crippen LogP contribution in [0.25, 0.3) is 0 Å². The molecule has 0 saturated carbocycles. The molecule has 4 nitrogen and oxygen atoms in total. The zero-order valence-corrected chi connectivity index (χ0v) is 14.3. The van der Waals surface area contributed by atoms with Crippen molar-refractivity contribution in [1.82, 2.24) is 14.8 Å². The second-order valence-electron chi connectivity index (χ2n) is 6.33. The number of carbonyl (C=O) groups excluding carboxylic acids is 1. The van der Waals surface area contributed by atoms with Crippen LogP contribution in [0.4, 0.5) is 0 Å². The van der Waals surface area contributed by atoms with Crippen molar-refractivity contribution in [1.29, 1.82) is 0 Å². The molecule has 0 aliphatic carbocycles. The summed E-state index contributed by atoms with van der Waals surface area (Å²) in [5.41, 5.74) is 2.36. The Labute approximate surface area is 144 Å². The Morgan fingerprint density at radius 2 is 1.83 bits per heavy atom. The molecule has 3 rings (SSSR count). The largest absolute Gasteiger partial charge is 0.340 e. The average molecular weight is 323 g/mol. The highest BCUT2D eigenvalue weighted by atomic mass is 16.2. The highest BCUT2D eigenvalue weighted by Crippen LogP contribution is 2.22. The number of benzene rings is 1. The van der Waals surface area contributed by atoms with Gasteiger partial charge in [0.2, 0.25) is 5.91 Å². The van der Waals surface area contributed by atoms with Crippen LogP contribution in [-0.2, 0) is 11.3 Å². The van der Waals surface area contributed by atoms with Gasteiger partial charge in [-0.2, -0.15) is 0 Å². The molecule has 2 aromatic rings. The van der Waals surface area contributed by atoms with Crippen LogP contribution in [0.1, 0.15) is 30.4 Å². The fourth-order valence-electron chi connectivity index (χ4n) is 3.33. The van der Waals surface area contributed by atoms with Crippen molar-refractivity contribution in [3.8, 4) is 0 Å². The molecule has 24 heavy (non-hydrogen) atoms. The molecule has 0 bridgehead atoms. The SMILES string of the molecule is CC[C@H](C(=O)N1CCN(Cc2cccnc2)CC1)c1ccccc1. The van der Waals surface area contributed by atoms with Crippen molar-refractivity contribution in [2.45, 2.75) is 25.8 Å². The van der Waals surface area contributed by atoms with Crippen LogP contribution in [0.2, 0.25) is 0 Å². The van der Waals surface area contributed by atoms with E-state index in [1.54, 1.807) is 6.20 Å². The van der Waals surface area contributed by atoms with Gasteiger partial charge < -0.3 is 4.90 Å². The summed E-state index contributed by atoms with van der Waals surface area (Å²) < 4.78 is 0. The standard InChI is InChI=1S/C20H25N3O/c1-2-19(18-8-4-3-5-9-18)20(24)23-13-11-22(12-14-23)16-17-7-6-10-21-15-17/h3-10,15,19H,2,11-14,16H2,1H3/t19-/m0/s1. The van der Waals surface area contributed by atoms with Gasteiger partial charge in [0.25, 0.3) is 0 Å². The van der Waals surface area contributed by atoms with Crippen molar-refractivity contribution >= 4 is 5.91 Å². The third-order valence-corrected chi connectivity index (χ3v) is 4.72. The Balaban J connectivity index is 1.56. The minimum atomic E-state index is -0.0175. The summed E-state index contributed by atoms with van der Waals surface area (Å²) in [6.07, 6.45) is 4.56. The van der Waals surface area contributed by atoms with E-state index in [-0.39, 0.29) is 11.8 Å². The van der Waals surface area contributed by atoms with Crippen LogP contribution < -0.4 is 0 Å². The first kappa shape index (κ1) is 16.7. The van der Waals surface area contributed by atoms with Crippen LogP contribution in [-0.4, -0.2) is 46.9 Å². The van der Waals surface area contributed by atoms with Crippen molar-refractivity contribution in [3.05, 3.63) is 66.0 Å². The summed E-state index contributed by atoms with van der Waals surface area (Å²) in [4.78, 5) is 21.5. The van der Waals surface area contributed by atoms with Crippen molar-refractivity contribution in [2.75, 3.05) is 26.2 Å². The van der Waals surface area contributed by atoms with Crippen molar-refractivity contribution in [2.24, 2.45) is 0 Å². The average Bonchev–Trinajstić information content (AvgIpc) is 2.65. The predicted molar refractivity (Wildman–Crippen MR) is 95.6 cm³/mol. The lowest BCUT2D eigenvalue weighted by molar-refractivity contribution is -0.134. The van der Waals surface area contributed by atoms with E-state index in [4.69, 9.17) is 0 Å². The highest BCUT2D eigenvalue weighted by Gasteiger charge is 2.27. The van der Waals surface area contributed by atoms with Crippen molar-refractivity contribution < 1.29 is 4.79 Å². The molecule has 2 heterocycles. The van der Waals surface area contributed by atoms with E-state index in [1.807, 2.05) is 35.4 Å². The molecule has 1 fully saturated rings. The second kappa shape index (κ2) is 8.06. The minimum Gasteiger partial charge on any atom is -0.340 e. The quantitative estimate of drug-likeness (QED) is 0.849. The fraction of sp³-hybridized carbons (Fsp3) is 0.400.